The topological polar surface area (TPSA) is 102 Å². The third kappa shape index (κ3) is 4.97. The lowest BCUT2D eigenvalue weighted by Gasteiger charge is -2.17. The van der Waals surface area contributed by atoms with Gasteiger partial charge in [-0.25, -0.2) is 0 Å². The molecule has 0 heterocycles. The van der Waals surface area contributed by atoms with Gasteiger partial charge in [0, 0.05) is 0 Å². The molecule has 0 aliphatic rings. The fourth-order valence-corrected chi connectivity index (χ4v) is 1.40. The van der Waals surface area contributed by atoms with Gasteiger partial charge < -0.3 is 20.9 Å². The average Bonchev–Trinajstić information content (AvgIpc) is 2.42. The summed E-state index contributed by atoms with van der Waals surface area (Å²) in [6, 6.07) is 8.94. The monoisotopic (exact) mass is 266 g/mol. The van der Waals surface area contributed by atoms with E-state index in [-0.39, 0.29) is 6.54 Å². The molecule has 4 N–H and O–H groups in total. The fraction of sp³-hybridized carbons (Fsp3) is 0.385. The predicted octanol–water partition coefficient (Wildman–Crippen LogP) is -0.194. The molecule has 19 heavy (non-hydrogen) atoms. The van der Waals surface area contributed by atoms with Crippen molar-refractivity contribution in [2.75, 3.05) is 6.54 Å². The Hall–Kier alpha value is -2.08. The fourth-order valence-electron chi connectivity index (χ4n) is 1.40. The first-order valence-corrected chi connectivity index (χ1v) is 6.01. The minimum absolute atomic E-state index is 0.219. The molecule has 0 aliphatic carbocycles. The Morgan fingerprint density at radius 3 is 2.53 bits per heavy atom. The molecule has 104 valence electrons. The van der Waals surface area contributed by atoms with Gasteiger partial charge >= 0.3 is 0 Å². The molecule has 0 spiro atoms. The van der Waals surface area contributed by atoms with Crippen LogP contribution in [0.15, 0.2) is 30.3 Å². The van der Waals surface area contributed by atoms with Crippen molar-refractivity contribution in [2.24, 2.45) is 5.73 Å². The molecule has 0 radical (unpaired) electrons. The summed E-state index contributed by atoms with van der Waals surface area (Å²) in [5.74, 6) is -0.691. The number of para-hydroxylation sites is 1. The quantitative estimate of drug-likeness (QED) is 0.636. The first kappa shape index (κ1) is 15.0. The van der Waals surface area contributed by atoms with Crippen molar-refractivity contribution in [2.45, 2.75) is 25.6 Å². The molecule has 0 bridgehead atoms. The summed E-state index contributed by atoms with van der Waals surface area (Å²) in [6.45, 7) is 1.58. The number of hydrogen-bond acceptors (Lipinski definition) is 4. The number of benzene rings is 1. The average molecular weight is 266 g/mol. The highest BCUT2D eigenvalue weighted by atomic mass is 16.5. The van der Waals surface area contributed by atoms with E-state index in [1.54, 1.807) is 31.2 Å². The molecule has 1 aromatic rings. The number of carbonyl (C=O) groups is 2. The Labute approximate surface area is 111 Å². The number of nitrogens with two attached hydrogens (primary N) is 1. The Balaban J connectivity index is 2.50. The minimum Gasteiger partial charge on any atom is -0.481 e. The van der Waals surface area contributed by atoms with Crippen LogP contribution < -0.4 is 15.8 Å². The van der Waals surface area contributed by atoms with Crippen molar-refractivity contribution in [3.8, 4) is 5.75 Å². The van der Waals surface area contributed by atoms with Crippen LogP contribution in [0.1, 0.15) is 13.3 Å². The Kier molecular flexibility index (Phi) is 5.81. The summed E-state index contributed by atoms with van der Waals surface area (Å²) in [4.78, 5) is 22.4. The lowest BCUT2D eigenvalue weighted by atomic mass is 10.2. The van der Waals surface area contributed by atoms with Crippen molar-refractivity contribution >= 4 is 11.8 Å². The van der Waals surface area contributed by atoms with E-state index in [0.29, 0.717) is 12.2 Å². The predicted molar refractivity (Wildman–Crippen MR) is 69.4 cm³/mol. The summed E-state index contributed by atoms with van der Waals surface area (Å²) >= 11 is 0. The summed E-state index contributed by atoms with van der Waals surface area (Å²) in [6.07, 6.45) is -1.60. The van der Waals surface area contributed by atoms with Gasteiger partial charge in [0.25, 0.3) is 5.91 Å². The Morgan fingerprint density at radius 2 is 2.00 bits per heavy atom. The number of carbonyl (C=O) groups excluding carboxylic acids is 2. The van der Waals surface area contributed by atoms with Gasteiger partial charge in [0.2, 0.25) is 5.91 Å². The van der Waals surface area contributed by atoms with Crippen LogP contribution in [0.2, 0.25) is 0 Å². The van der Waals surface area contributed by atoms with Crippen molar-refractivity contribution in [1.29, 1.82) is 0 Å². The van der Waals surface area contributed by atoms with Gasteiger partial charge in [0.05, 0.1) is 6.54 Å². The van der Waals surface area contributed by atoms with Crippen LogP contribution in [0.4, 0.5) is 0 Å². The molecule has 6 heteroatoms. The normalized spacial score (nSPS) is 13.4. The number of hydrogen-bond donors (Lipinski definition) is 3. The van der Waals surface area contributed by atoms with Crippen molar-refractivity contribution in [3.05, 3.63) is 30.3 Å². The van der Waals surface area contributed by atoms with Crippen LogP contribution >= 0.6 is 0 Å². The van der Waals surface area contributed by atoms with Crippen LogP contribution in [-0.2, 0) is 9.59 Å². The van der Waals surface area contributed by atoms with Crippen LogP contribution in [0.25, 0.3) is 0 Å². The molecule has 1 aromatic carbocycles. The highest BCUT2D eigenvalue weighted by Crippen LogP contribution is 2.12. The number of ether oxygens (including phenoxy) is 1. The van der Waals surface area contributed by atoms with E-state index in [2.05, 4.69) is 5.32 Å². The molecular formula is C13H18N2O4. The summed E-state index contributed by atoms with van der Waals surface area (Å²) in [5, 5.41) is 11.6. The first-order chi connectivity index (χ1) is 9.04. The SMILES string of the molecule is CCC(Oc1ccccc1)C(=O)NCC(O)C(N)=O. The number of aliphatic hydroxyl groups excluding tert-OH is 1. The molecule has 0 saturated heterocycles. The Bertz CT molecular complexity index is 422. The molecule has 1 rings (SSSR count). The van der Waals surface area contributed by atoms with E-state index in [1.807, 2.05) is 6.07 Å². The zero-order valence-corrected chi connectivity index (χ0v) is 10.7. The molecule has 0 fully saturated rings. The van der Waals surface area contributed by atoms with E-state index >= 15 is 0 Å². The first-order valence-electron chi connectivity index (χ1n) is 6.01. The Morgan fingerprint density at radius 1 is 1.37 bits per heavy atom. The van der Waals surface area contributed by atoms with E-state index in [4.69, 9.17) is 10.5 Å². The van der Waals surface area contributed by atoms with Crippen molar-refractivity contribution < 1.29 is 19.4 Å². The molecule has 2 amide bonds. The summed E-state index contributed by atoms with van der Waals surface area (Å²) < 4.78 is 5.51. The zero-order chi connectivity index (χ0) is 14.3. The molecule has 0 saturated carbocycles. The second-order valence-corrected chi connectivity index (χ2v) is 3.99. The second kappa shape index (κ2) is 7.38. The van der Waals surface area contributed by atoms with Gasteiger partial charge in [0.1, 0.15) is 11.9 Å². The van der Waals surface area contributed by atoms with Crippen LogP contribution in [0.3, 0.4) is 0 Å². The van der Waals surface area contributed by atoms with Gasteiger partial charge in [-0.3, -0.25) is 9.59 Å². The molecule has 0 aromatic heterocycles. The molecule has 2 unspecified atom stereocenters. The maximum absolute atomic E-state index is 11.8. The molecular weight excluding hydrogens is 248 g/mol. The number of aliphatic hydroxyl groups is 1. The van der Waals surface area contributed by atoms with Crippen LogP contribution in [0, 0.1) is 0 Å². The highest BCUT2D eigenvalue weighted by molar-refractivity contribution is 5.83. The van der Waals surface area contributed by atoms with E-state index in [9.17, 15) is 14.7 Å². The molecule has 0 aliphatic heterocycles. The smallest absolute Gasteiger partial charge is 0.261 e. The molecule has 6 nitrogen and oxygen atoms in total. The number of nitrogens with one attached hydrogen (secondary N) is 1. The van der Waals surface area contributed by atoms with Crippen LogP contribution in [-0.4, -0.2) is 35.7 Å². The van der Waals surface area contributed by atoms with Gasteiger partial charge in [0.15, 0.2) is 6.10 Å². The maximum Gasteiger partial charge on any atom is 0.261 e. The number of rotatable bonds is 7. The number of primary amides is 1. The van der Waals surface area contributed by atoms with Crippen molar-refractivity contribution in [1.82, 2.24) is 5.32 Å². The second-order valence-electron chi connectivity index (χ2n) is 3.99. The van der Waals surface area contributed by atoms with Gasteiger partial charge in [-0.15, -0.1) is 0 Å². The zero-order valence-electron chi connectivity index (χ0n) is 10.7. The van der Waals surface area contributed by atoms with Gasteiger partial charge in [-0.05, 0) is 18.6 Å². The van der Waals surface area contributed by atoms with E-state index in [0.717, 1.165) is 0 Å². The standard InChI is InChI=1S/C13H18N2O4/c1-2-11(19-9-6-4-3-5-7-9)13(18)15-8-10(16)12(14)17/h3-7,10-11,16H,2,8H2,1H3,(H2,14,17)(H,15,18). The highest BCUT2D eigenvalue weighted by Gasteiger charge is 2.20. The summed E-state index contributed by atoms with van der Waals surface area (Å²) in [5.41, 5.74) is 4.88. The third-order valence-electron chi connectivity index (χ3n) is 2.48. The number of amides is 2. The van der Waals surface area contributed by atoms with Gasteiger partial charge in [-0.1, -0.05) is 25.1 Å². The largest absolute Gasteiger partial charge is 0.481 e. The summed E-state index contributed by atoms with van der Waals surface area (Å²) in [7, 11) is 0. The minimum atomic E-state index is -1.39. The van der Waals surface area contributed by atoms with E-state index < -0.39 is 24.0 Å². The maximum atomic E-state index is 11.8. The lowest BCUT2D eigenvalue weighted by Crippen LogP contribution is -2.44. The van der Waals surface area contributed by atoms with E-state index in [1.165, 1.54) is 0 Å². The van der Waals surface area contributed by atoms with Gasteiger partial charge in [-0.2, -0.15) is 0 Å². The third-order valence-corrected chi connectivity index (χ3v) is 2.48. The van der Waals surface area contributed by atoms with Crippen LogP contribution in [0.5, 0.6) is 5.75 Å². The molecule has 2 atom stereocenters. The van der Waals surface area contributed by atoms with Crippen molar-refractivity contribution in [3.63, 3.8) is 0 Å². The lowest BCUT2D eigenvalue weighted by molar-refractivity contribution is -0.130.